The maximum Gasteiger partial charge on any atom is 0.324 e. The molecule has 1 aliphatic heterocycles. The van der Waals surface area contributed by atoms with Gasteiger partial charge in [0.05, 0.1) is 5.92 Å². The van der Waals surface area contributed by atoms with Crippen LogP contribution in [-0.2, 0) is 14.3 Å². The van der Waals surface area contributed by atoms with Crippen molar-refractivity contribution >= 4 is 17.9 Å². The number of nitrogens with one attached hydrogen (secondary N) is 1. The van der Waals surface area contributed by atoms with E-state index in [1.165, 1.54) is 0 Å². The molecule has 1 aliphatic rings. The molecule has 1 aromatic rings. The minimum absolute atomic E-state index is 0.311. The summed E-state index contributed by atoms with van der Waals surface area (Å²) in [6.07, 6.45) is 0.585. The molecule has 21 heavy (non-hydrogen) atoms. The Labute approximate surface area is 123 Å². The first-order valence-corrected chi connectivity index (χ1v) is 6.93. The fourth-order valence-electron chi connectivity index (χ4n) is 2.24. The minimum atomic E-state index is -0.499. The highest BCUT2D eigenvalue weighted by Gasteiger charge is 2.28. The van der Waals surface area contributed by atoms with E-state index >= 15 is 0 Å². The van der Waals surface area contributed by atoms with Crippen LogP contribution in [0.3, 0.4) is 0 Å². The van der Waals surface area contributed by atoms with Gasteiger partial charge in [0.1, 0.15) is 0 Å². The van der Waals surface area contributed by atoms with E-state index in [0.29, 0.717) is 19.5 Å². The van der Waals surface area contributed by atoms with E-state index < -0.39 is 30.4 Å². The molecule has 1 fully saturated rings. The predicted octanol–water partition coefficient (Wildman–Crippen LogP) is 1.28. The molecule has 3 amide bonds. The van der Waals surface area contributed by atoms with Crippen LogP contribution in [0.25, 0.3) is 0 Å². The van der Waals surface area contributed by atoms with Gasteiger partial charge in [-0.05, 0) is 12.0 Å². The van der Waals surface area contributed by atoms with E-state index in [0.717, 1.165) is 10.5 Å². The number of ether oxygens (including phenoxy) is 1. The van der Waals surface area contributed by atoms with Gasteiger partial charge in [-0.15, -0.1) is 0 Å². The predicted molar refractivity (Wildman–Crippen MR) is 75.5 cm³/mol. The van der Waals surface area contributed by atoms with Gasteiger partial charge in [0.15, 0.2) is 6.61 Å². The lowest BCUT2D eigenvalue weighted by atomic mass is 9.97. The number of esters is 1. The molecular formula is C15H18N2O4. The molecule has 112 valence electrons. The molecule has 0 saturated carbocycles. The molecule has 1 aromatic carbocycles. The van der Waals surface area contributed by atoms with E-state index in [1.807, 2.05) is 37.3 Å². The summed E-state index contributed by atoms with van der Waals surface area (Å²) in [5.74, 6) is -1.34. The Morgan fingerprint density at radius 3 is 2.62 bits per heavy atom. The molecule has 0 aliphatic carbocycles. The van der Waals surface area contributed by atoms with Gasteiger partial charge in [0.2, 0.25) is 0 Å². The summed E-state index contributed by atoms with van der Waals surface area (Å²) in [4.78, 5) is 36.3. The highest BCUT2D eigenvalue weighted by Crippen LogP contribution is 2.20. The zero-order valence-corrected chi connectivity index (χ0v) is 11.9. The fraction of sp³-hybridized carbons (Fsp3) is 0.400. The lowest BCUT2D eigenvalue weighted by Gasteiger charge is -2.16. The highest BCUT2D eigenvalue weighted by atomic mass is 16.5. The van der Waals surface area contributed by atoms with Crippen LogP contribution in [0.15, 0.2) is 30.3 Å². The standard InChI is InChI=1S/C15H18N2O4/c1-2-12(11-6-4-3-5-7-11)14(19)21-10-13(18)17-9-8-16-15(17)20/h3-7,12H,2,8-10H2,1H3,(H,16,20)/t12-/m0/s1. The van der Waals surface area contributed by atoms with Crippen LogP contribution >= 0.6 is 0 Å². The number of imide groups is 1. The summed E-state index contributed by atoms with van der Waals surface area (Å²) >= 11 is 0. The lowest BCUT2D eigenvalue weighted by molar-refractivity contribution is -0.152. The van der Waals surface area contributed by atoms with Crippen molar-refractivity contribution in [2.45, 2.75) is 19.3 Å². The number of carbonyl (C=O) groups excluding carboxylic acids is 3. The zero-order chi connectivity index (χ0) is 15.2. The Morgan fingerprint density at radius 2 is 2.05 bits per heavy atom. The number of benzene rings is 1. The summed E-state index contributed by atoms with van der Waals surface area (Å²) in [7, 11) is 0. The normalized spacial score (nSPS) is 15.5. The largest absolute Gasteiger partial charge is 0.455 e. The number of hydrogen-bond acceptors (Lipinski definition) is 4. The second-order valence-corrected chi connectivity index (χ2v) is 4.76. The van der Waals surface area contributed by atoms with Crippen molar-refractivity contribution in [1.29, 1.82) is 0 Å². The van der Waals surface area contributed by atoms with Gasteiger partial charge in [0.25, 0.3) is 5.91 Å². The first-order chi connectivity index (χ1) is 10.1. The van der Waals surface area contributed by atoms with Crippen molar-refractivity contribution in [2.24, 2.45) is 0 Å². The van der Waals surface area contributed by atoms with Crippen molar-refractivity contribution < 1.29 is 19.1 Å². The topological polar surface area (TPSA) is 75.7 Å². The molecule has 1 atom stereocenters. The number of rotatable bonds is 5. The molecule has 0 aromatic heterocycles. The minimum Gasteiger partial charge on any atom is -0.455 e. The van der Waals surface area contributed by atoms with Crippen molar-refractivity contribution in [2.75, 3.05) is 19.7 Å². The van der Waals surface area contributed by atoms with Crippen LogP contribution in [0, 0.1) is 0 Å². The van der Waals surface area contributed by atoms with Gasteiger partial charge in [-0.2, -0.15) is 0 Å². The highest BCUT2D eigenvalue weighted by molar-refractivity contribution is 5.97. The third-order valence-electron chi connectivity index (χ3n) is 3.39. The first kappa shape index (κ1) is 15.0. The molecule has 6 nitrogen and oxygen atoms in total. The lowest BCUT2D eigenvalue weighted by Crippen LogP contribution is -2.37. The molecule has 1 heterocycles. The second kappa shape index (κ2) is 6.88. The Bertz CT molecular complexity index is 530. The van der Waals surface area contributed by atoms with Crippen LogP contribution < -0.4 is 5.32 Å². The Balaban J connectivity index is 1.91. The van der Waals surface area contributed by atoms with Crippen molar-refractivity contribution in [3.05, 3.63) is 35.9 Å². The monoisotopic (exact) mass is 290 g/mol. The van der Waals surface area contributed by atoms with Gasteiger partial charge < -0.3 is 10.1 Å². The Hall–Kier alpha value is -2.37. The fourth-order valence-corrected chi connectivity index (χ4v) is 2.24. The van der Waals surface area contributed by atoms with Gasteiger partial charge in [-0.3, -0.25) is 14.5 Å². The second-order valence-electron chi connectivity index (χ2n) is 4.76. The van der Waals surface area contributed by atoms with Gasteiger partial charge in [-0.25, -0.2) is 4.79 Å². The third-order valence-corrected chi connectivity index (χ3v) is 3.39. The number of amides is 3. The zero-order valence-electron chi connectivity index (χ0n) is 11.9. The average Bonchev–Trinajstić information content (AvgIpc) is 2.93. The average molecular weight is 290 g/mol. The van der Waals surface area contributed by atoms with Crippen LogP contribution in [-0.4, -0.2) is 42.5 Å². The summed E-state index contributed by atoms with van der Waals surface area (Å²) < 4.78 is 5.06. The molecule has 0 bridgehead atoms. The number of carbonyl (C=O) groups is 3. The van der Waals surface area contributed by atoms with E-state index in [-0.39, 0.29) is 0 Å². The third kappa shape index (κ3) is 3.59. The van der Waals surface area contributed by atoms with Crippen LogP contribution in [0.1, 0.15) is 24.8 Å². The van der Waals surface area contributed by atoms with Gasteiger partial charge in [0, 0.05) is 13.1 Å². The molecule has 0 radical (unpaired) electrons. The maximum absolute atomic E-state index is 12.1. The first-order valence-electron chi connectivity index (χ1n) is 6.93. The van der Waals surface area contributed by atoms with Crippen LogP contribution in [0.4, 0.5) is 4.79 Å². The molecule has 1 N–H and O–H groups in total. The molecular weight excluding hydrogens is 272 g/mol. The smallest absolute Gasteiger partial charge is 0.324 e. The molecule has 1 saturated heterocycles. The van der Waals surface area contributed by atoms with E-state index in [1.54, 1.807) is 0 Å². The Kier molecular flexibility index (Phi) is 4.92. The summed E-state index contributed by atoms with van der Waals surface area (Å²) in [5.41, 5.74) is 0.858. The van der Waals surface area contributed by atoms with Crippen molar-refractivity contribution in [1.82, 2.24) is 10.2 Å². The molecule has 0 unspecified atom stereocenters. The number of nitrogens with zero attached hydrogens (tertiary/aromatic N) is 1. The summed E-state index contributed by atoms with van der Waals surface area (Å²) in [5, 5.41) is 2.52. The summed E-state index contributed by atoms with van der Waals surface area (Å²) in [6, 6.07) is 8.84. The van der Waals surface area contributed by atoms with E-state index in [9.17, 15) is 14.4 Å². The molecule has 0 spiro atoms. The number of hydrogen-bond donors (Lipinski definition) is 1. The van der Waals surface area contributed by atoms with Crippen LogP contribution in [0.2, 0.25) is 0 Å². The van der Waals surface area contributed by atoms with E-state index in [4.69, 9.17) is 4.74 Å². The quantitative estimate of drug-likeness (QED) is 0.829. The van der Waals surface area contributed by atoms with E-state index in [2.05, 4.69) is 5.32 Å². The maximum atomic E-state index is 12.1. The summed E-state index contributed by atoms with van der Waals surface area (Å²) in [6.45, 7) is 2.22. The van der Waals surface area contributed by atoms with Gasteiger partial charge in [-0.1, -0.05) is 37.3 Å². The van der Waals surface area contributed by atoms with Gasteiger partial charge >= 0.3 is 12.0 Å². The van der Waals surface area contributed by atoms with Crippen molar-refractivity contribution in [3.8, 4) is 0 Å². The number of urea groups is 1. The Morgan fingerprint density at radius 1 is 1.33 bits per heavy atom. The SMILES string of the molecule is CC[C@H](C(=O)OCC(=O)N1CCNC1=O)c1ccccc1. The molecule has 6 heteroatoms. The van der Waals surface area contributed by atoms with Crippen molar-refractivity contribution in [3.63, 3.8) is 0 Å². The molecule has 2 rings (SSSR count). The van der Waals surface area contributed by atoms with Crippen LogP contribution in [0.5, 0.6) is 0 Å².